The molecule has 1 spiro atoms. The van der Waals surface area contributed by atoms with Gasteiger partial charge < -0.3 is 14.7 Å². The van der Waals surface area contributed by atoms with Crippen LogP contribution in [0.15, 0.2) is 24.4 Å². The molecule has 1 N–H and O–H groups in total. The van der Waals surface area contributed by atoms with E-state index >= 15 is 0 Å². The second kappa shape index (κ2) is 7.05. The molecule has 2 heterocycles. The van der Waals surface area contributed by atoms with Crippen LogP contribution in [0, 0.1) is 0 Å². The number of carboxylic acid groups (broad SMARTS) is 1. The second-order valence-electron chi connectivity index (χ2n) is 7.27. The third kappa shape index (κ3) is 3.83. The summed E-state index contributed by atoms with van der Waals surface area (Å²) < 4.78 is 44.0. The summed E-state index contributed by atoms with van der Waals surface area (Å²) in [4.78, 5) is 22.1. The highest BCUT2D eigenvalue weighted by atomic mass is 35.5. The average Bonchev–Trinajstić information content (AvgIpc) is 3.29. The third-order valence-corrected chi connectivity index (χ3v) is 5.66. The van der Waals surface area contributed by atoms with Gasteiger partial charge in [-0.15, -0.1) is 0 Å². The van der Waals surface area contributed by atoms with Crippen molar-refractivity contribution in [3.8, 4) is 5.88 Å². The lowest BCUT2D eigenvalue weighted by Gasteiger charge is -2.24. The number of nitrogens with zero attached hydrogens (tertiary/aromatic N) is 3. The number of alkyl halides is 3. The fourth-order valence-corrected chi connectivity index (χ4v) is 4.00. The Hall–Kier alpha value is -2.55. The normalized spacial score (nSPS) is 17.6. The van der Waals surface area contributed by atoms with Crippen LogP contribution in [0.1, 0.15) is 47.2 Å². The number of aromatic nitrogens is 2. The van der Waals surface area contributed by atoms with Gasteiger partial charge in [-0.05, 0) is 43.4 Å². The highest BCUT2D eigenvalue weighted by molar-refractivity contribution is 6.31. The summed E-state index contributed by atoms with van der Waals surface area (Å²) in [5.41, 5.74) is -0.722. The van der Waals surface area contributed by atoms with Crippen LogP contribution in [0.4, 0.5) is 19.1 Å². The van der Waals surface area contributed by atoms with Gasteiger partial charge in [0.25, 0.3) is 0 Å². The maximum Gasteiger partial charge on any atom is 0.417 e. The summed E-state index contributed by atoms with van der Waals surface area (Å²) in [6, 6.07) is 3.25. The van der Waals surface area contributed by atoms with Crippen molar-refractivity contribution in [2.24, 2.45) is 0 Å². The summed E-state index contributed by atoms with van der Waals surface area (Å²) in [6.45, 7) is 0.611. The van der Waals surface area contributed by atoms with Gasteiger partial charge in [-0.2, -0.15) is 18.2 Å². The maximum absolute atomic E-state index is 12.8. The molecule has 1 saturated carbocycles. The summed E-state index contributed by atoms with van der Waals surface area (Å²) in [7, 11) is 0. The van der Waals surface area contributed by atoms with Crippen LogP contribution in [-0.2, 0) is 12.8 Å². The van der Waals surface area contributed by atoms with Gasteiger partial charge in [-0.25, -0.2) is 9.78 Å². The van der Waals surface area contributed by atoms with Crippen LogP contribution in [0.2, 0.25) is 5.02 Å². The lowest BCUT2D eigenvalue weighted by atomic mass is 10.1. The number of carboxylic acids is 1. The molecule has 0 unspecified atom stereocenters. The van der Waals surface area contributed by atoms with E-state index in [2.05, 4.69) is 14.9 Å². The fraction of sp³-hybridized carbons (Fsp3) is 0.421. The van der Waals surface area contributed by atoms with Crippen LogP contribution in [0.25, 0.3) is 0 Å². The third-order valence-electron chi connectivity index (χ3n) is 5.35. The zero-order valence-electron chi connectivity index (χ0n) is 15.2. The predicted molar refractivity (Wildman–Crippen MR) is 98.3 cm³/mol. The van der Waals surface area contributed by atoms with Crippen molar-refractivity contribution in [2.45, 2.75) is 44.0 Å². The molecule has 1 aliphatic heterocycles. The summed E-state index contributed by atoms with van der Waals surface area (Å²) in [5.74, 6) is -0.966. The smallest absolute Gasteiger partial charge is 0.417 e. The predicted octanol–water partition coefficient (Wildman–Crippen LogP) is 4.56. The Kier molecular flexibility index (Phi) is 4.80. The van der Waals surface area contributed by atoms with E-state index in [1.807, 2.05) is 0 Å². The van der Waals surface area contributed by atoms with Crippen LogP contribution in [-0.4, -0.2) is 33.1 Å². The second-order valence-corrected chi connectivity index (χ2v) is 7.68. The lowest BCUT2D eigenvalue weighted by molar-refractivity contribution is -0.137. The van der Waals surface area contributed by atoms with Crippen molar-refractivity contribution in [3.05, 3.63) is 46.1 Å². The first-order valence-corrected chi connectivity index (χ1v) is 9.44. The summed E-state index contributed by atoms with van der Waals surface area (Å²) in [5, 5.41) is 8.93. The molecule has 0 radical (unpaired) electrons. The van der Waals surface area contributed by atoms with E-state index in [0.29, 0.717) is 11.5 Å². The Morgan fingerprint density at radius 2 is 2.07 bits per heavy atom. The number of carbonyl (C=O) groups is 1. The number of hydrogen-bond acceptors (Lipinski definition) is 5. The zero-order valence-corrected chi connectivity index (χ0v) is 15.9. The minimum atomic E-state index is -4.55. The van der Waals surface area contributed by atoms with Crippen LogP contribution in [0.5, 0.6) is 5.88 Å². The Morgan fingerprint density at radius 3 is 2.69 bits per heavy atom. The molecule has 1 saturated heterocycles. The highest BCUT2D eigenvalue weighted by Crippen LogP contribution is 2.50. The Balaban J connectivity index is 1.57. The van der Waals surface area contributed by atoms with Gasteiger partial charge in [-0.1, -0.05) is 17.7 Å². The van der Waals surface area contributed by atoms with Gasteiger partial charge in [0.2, 0.25) is 11.8 Å². The maximum atomic E-state index is 12.8. The van der Waals surface area contributed by atoms with Crippen molar-refractivity contribution in [1.82, 2.24) is 9.97 Å². The van der Waals surface area contributed by atoms with Crippen molar-refractivity contribution in [1.29, 1.82) is 0 Å². The van der Waals surface area contributed by atoms with E-state index in [1.54, 1.807) is 0 Å². The number of rotatable bonds is 5. The molecule has 4 rings (SSSR count). The number of aromatic carboxylic acids is 1. The Bertz CT molecular complexity index is 963. The van der Waals surface area contributed by atoms with Gasteiger partial charge in [-0.3, -0.25) is 0 Å². The SMILES string of the molecule is O=C(O)c1cnc(N2CCCC23CC3)nc1OCc1ccc(C(F)(F)F)c(Cl)c1. The van der Waals surface area contributed by atoms with E-state index in [-0.39, 0.29) is 23.6 Å². The molecule has 1 aromatic carbocycles. The largest absolute Gasteiger partial charge is 0.477 e. The molecule has 0 bridgehead atoms. The van der Waals surface area contributed by atoms with Crippen molar-refractivity contribution in [2.75, 3.05) is 11.4 Å². The molecule has 1 aliphatic carbocycles. The molecule has 6 nitrogen and oxygen atoms in total. The Labute approximate surface area is 169 Å². The van der Waals surface area contributed by atoms with Crippen LogP contribution >= 0.6 is 11.6 Å². The van der Waals surface area contributed by atoms with Crippen molar-refractivity contribution >= 4 is 23.5 Å². The molecule has 2 aromatic rings. The summed E-state index contributed by atoms with van der Waals surface area (Å²) in [6.07, 6.45) is 0.827. The van der Waals surface area contributed by atoms with Gasteiger partial charge in [0.05, 0.1) is 16.8 Å². The molecule has 2 aliphatic rings. The zero-order chi connectivity index (χ0) is 20.8. The van der Waals surface area contributed by atoms with Gasteiger partial charge in [0, 0.05) is 12.1 Å². The highest BCUT2D eigenvalue weighted by Gasteiger charge is 2.51. The lowest BCUT2D eigenvalue weighted by Crippen LogP contribution is -2.32. The van der Waals surface area contributed by atoms with Crippen molar-refractivity contribution in [3.63, 3.8) is 0 Å². The topological polar surface area (TPSA) is 75.5 Å². The number of ether oxygens (including phenoxy) is 1. The molecule has 2 fully saturated rings. The minimum Gasteiger partial charge on any atom is -0.477 e. The summed E-state index contributed by atoms with van der Waals surface area (Å²) >= 11 is 5.73. The molecule has 10 heteroatoms. The van der Waals surface area contributed by atoms with Gasteiger partial charge >= 0.3 is 12.1 Å². The molecular formula is C19H17ClF3N3O3. The van der Waals surface area contributed by atoms with Crippen LogP contribution < -0.4 is 9.64 Å². The molecular weight excluding hydrogens is 411 g/mol. The molecule has 154 valence electrons. The van der Waals surface area contributed by atoms with Gasteiger partial charge in [0.1, 0.15) is 12.2 Å². The van der Waals surface area contributed by atoms with Gasteiger partial charge in [0.15, 0.2) is 0 Å². The average molecular weight is 428 g/mol. The molecule has 29 heavy (non-hydrogen) atoms. The number of hydrogen-bond donors (Lipinski definition) is 1. The minimum absolute atomic E-state index is 0.0724. The fourth-order valence-electron chi connectivity index (χ4n) is 3.69. The van der Waals surface area contributed by atoms with Crippen LogP contribution in [0.3, 0.4) is 0 Å². The van der Waals surface area contributed by atoms with E-state index in [1.165, 1.54) is 12.3 Å². The first-order valence-electron chi connectivity index (χ1n) is 9.06. The number of halogens is 4. The van der Waals surface area contributed by atoms with E-state index in [4.69, 9.17) is 16.3 Å². The Morgan fingerprint density at radius 1 is 1.31 bits per heavy atom. The number of benzene rings is 1. The van der Waals surface area contributed by atoms with E-state index in [9.17, 15) is 23.1 Å². The molecule has 0 atom stereocenters. The molecule has 1 aromatic heterocycles. The quantitative estimate of drug-likeness (QED) is 0.754. The van der Waals surface area contributed by atoms with E-state index < -0.39 is 22.7 Å². The monoisotopic (exact) mass is 427 g/mol. The standard InChI is InChI=1S/C19H17ClF3N3O3/c20-14-8-11(2-3-13(14)19(21,22)23)10-29-15-12(16(27)28)9-24-17(25-15)26-7-1-4-18(26)5-6-18/h2-3,8-9H,1,4-7,10H2,(H,27,28). The molecule has 0 amide bonds. The number of anilines is 1. The first kappa shape index (κ1) is 19.8. The first-order chi connectivity index (χ1) is 13.7. The van der Waals surface area contributed by atoms with E-state index in [0.717, 1.165) is 44.4 Å². The van der Waals surface area contributed by atoms with Crippen molar-refractivity contribution < 1.29 is 27.8 Å².